The Morgan fingerprint density at radius 3 is 3.00 bits per heavy atom. The number of nitrogens with two attached hydrogens (primary N) is 1. The number of hydrogen-bond acceptors (Lipinski definition) is 8. The van der Waals surface area contributed by atoms with Crippen molar-refractivity contribution in [2.45, 2.75) is 12.7 Å². The number of anilines is 2. The molecular formula is C13H15BrN6O2S. The van der Waals surface area contributed by atoms with Gasteiger partial charge in [0.2, 0.25) is 0 Å². The second kappa shape index (κ2) is 6.77. The van der Waals surface area contributed by atoms with Crippen LogP contribution >= 0.6 is 27.3 Å². The maximum Gasteiger partial charge on any atom is 0.286 e. The van der Waals surface area contributed by atoms with Crippen LogP contribution in [0.25, 0.3) is 0 Å². The third-order valence-electron chi connectivity index (χ3n) is 3.75. The molecule has 1 atom stereocenters. The Kier molecular flexibility index (Phi) is 4.74. The van der Waals surface area contributed by atoms with Crippen molar-refractivity contribution >= 4 is 38.8 Å². The number of nitro groups is 1. The van der Waals surface area contributed by atoms with Gasteiger partial charge in [0.05, 0.1) is 15.7 Å². The van der Waals surface area contributed by atoms with Gasteiger partial charge in [-0.25, -0.2) is 9.88 Å². The lowest BCUT2D eigenvalue weighted by atomic mass is 10.2. The third-order valence-corrected chi connectivity index (χ3v) is 5.12. The number of rotatable bonds is 4. The summed E-state index contributed by atoms with van der Waals surface area (Å²) in [5.74, 6) is 0.396. The van der Waals surface area contributed by atoms with E-state index >= 15 is 0 Å². The Hall–Kier alpha value is -1.78. The van der Waals surface area contributed by atoms with E-state index in [0.717, 1.165) is 15.0 Å². The van der Waals surface area contributed by atoms with Gasteiger partial charge in [-0.15, -0.1) is 11.3 Å². The number of piperazine rings is 1. The summed E-state index contributed by atoms with van der Waals surface area (Å²) in [7, 11) is 0. The first kappa shape index (κ1) is 16.1. The maximum absolute atomic E-state index is 11.5. The van der Waals surface area contributed by atoms with Crippen molar-refractivity contribution < 1.29 is 4.92 Å². The van der Waals surface area contributed by atoms with Gasteiger partial charge in [-0.05, 0) is 15.9 Å². The highest BCUT2D eigenvalue weighted by Crippen LogP contribution is 2.29. The van der Waals surface area contributed by atoms with Gasteiger partial charge < -0.3 is 10.6 Å². The van der Waals surface area contributed by atoms with E-state index in [1.54, 1.807) is 24.0 Å². The minimum absolute atomic E-state index is 0.231. The summed E-state index contributed by atoms with van der Waals surface area (Å²) < 4.78 is 0.782. The SMILES string of the molecule is Nc1cc(N2CCN(Cc3cncs3)C([N+](=O)[O-])C2)c(Br)cn1. The Labute approximate surface area is 145 Å². The fraction of sp³-hybridized carbons (Fsp3) is 0.385. The molecule has 1 fully saturated rings. The second-order valence-corrected chi connectivity index (χ2v) is 7.04. The third kappa shape index (κ3) is 3.59. The van der Waals surface area contributed by atoms with E-state index in [2.05, 4.69) is 25.9 Å². The fourth-order valence-electron chi connectivity index (χ4n) is 2.61. The van der Waals surface area contributed by atoms with Crippen molar-refractivity contribution in [1.29, 1.82) is 0 Å². The largest absolute Gasteiger partial charge is 0.384 e. The van der Waals surface area contributed by atoms with E-state index in [9.17, 15) is 10.1 Å². The van der Waals surface area contributed by atoms with Gasteiger partial charge in [-0.3, -0.25) is 15.1 Å². The molecule has 1 saturated heterocycles. The zero-order valence-electron chi connectivity index (χ0n) is 12.1. The average molecular weight is 399 g/mol. The summed E-state index contributed by atoms with van der Waals surface area (Å²) in [6.45, 7) is 2.13. The molecule has 122 valence electrons. The Balaban J connectivity index is 1.78. The van der Waals surface area contributed by atoms with Gasteiger partial charge in [0.15, 0.2) is 0 Å². The van der Waals surface area contributed by atoms with E-state index < -0.39 is 6.17 Å². The predicted octanol–water partition coefficient (Wildman–Crippen LogP) is 1.81. The number of nitrogens with zero attached hydrogens (tertiary/aromatic N) is 5. The molecule has 1 aliphatic heterocycles. The molecule has 0 bridgehead atoms. The van der Waals surface area contributed by atoms with Gasteiger partial charge in [-0.2, -0.15) is 0 Å². The summed E-state index contributed by atoms with van der Waals surface area (Å²) in [6, 6.07) is 1.74. The number of thiazole rings is 1. The highest BCUT2D eigenvalue weighted by molar-refractivity contribution is 9.10. The normalized spacial score (nSPS) is 19.0. The van der Waals surface area contributed by atoms with Crippen LogP contribution in [0.2, 0.25) is 0 Å². The van der Waals surface area contributed by atoms with Crippen LogP contribution in [-0.2, 0) is 6.54 Å². The molecule has 0 amide bonds. The number of nitrogen functional groups attached to an aromatic ring is 1. The molecule has 3 rings (SSSR count). The first-order chi connectivity index (χ1) is 11.0. The van der Waals surface area contributed by atoms with E-state index in [4.69, 9.17) is 5.73 Å². The van der Waals surface area contributed by atoms with Gasteiger partial charge in [0, 0.05) is 47.9 Å². The molecule has 0 radical (unpaired) electrons. The molecule has 1 unspecified atom stereocenters. The molecule has 2 N–H and O–H groups in total. The first-order valence-electron chi connectivity index (χ1n) is 6.95. The van der Waals surface area contributed by atoms with Crippen molar-refractivity contribution in [2.24, 2.45) is 0 Å². The number of halogens is 1. The Morgan fingerprint density at radius 2 is 2.30 bits per heavy atom. The molecule has 0 spiro atoms. The highest BCUT2D eigenvalue weighted by Gasteiger charge is 2.36. The number of pyridine rings is 1. The lowest BCUT2D eigenvalue weighted by Crippen LogP contribution is -2.56. The molecule has 0 aliphatic carbocycles. The molecule has 1 aliphatic rings. The summed E-state index contributed by atoms with van der Waals surface area (Å²) in [6.07, 6.45) is 2.61. The van der Waals surface area contributed by atoms with E-state index in [0.29, 0.717) is 32.0 Å². The smallest absolute Gasteiger partial charge is 0.286 e. The first-order valence-corrected chi connectivity index (χ1v) is 8.62. The molecule has 10 heteroatoms. The van der Waals surface area contributed by atoms with Crippen LogP contribution in [0.15, 0.2) is 28.4 Å². The van der Waals surface area contributed by atoms with Crippen LogP contribution in [0, 0.1) is 10.1 Å². The van der Waals surface area contributed by atoms with Crippen LogP contribution in [0.4, 0.5) is 11.5 Å². The van der Waals surface area contributed by atoms with E-state index in [1.165, 1.54) is 11.3 Å². The number of aromatic nitrogens is 2. The summed E-state index contributed by atoms with van der Waals surface area (Å²) in [5.41, 5.74) is 8.31. The molecule has 8 nitrogen and oxygen atoms in total. The van der Waals surface area contributed by atoms with Gasteiger partial charge >= 0.3 is 0 Å². The Morgan fingerprint density at radius 1 is 1.48 bits per heavy atom. The standard InChI is InChI=1S/C13H15BrN6O2S/c14-10-5-17-12(15)3-11(10)18-1-2-19(13(7-18)20(21)22)6-9-4-16-8-23-9/h3-5,8,13H,1-2,6-7H2,(H2,15,17). The van der Waals surface area contributed by atoms with Crippen LogP contribution in [0.3, 0.4) is 0 Å². The van der Waals surface area contributed by atoms with Crippen LogP contribution in [0.1, 0.15) is 4.88 Å². The van der Waals surface area contributed by atoms with Crippen LogP contribution in [-0.4, -0.2) is 45.6 Å². The molecule has 3 heterocycles. The molecule has 2 aromatic heterocycles. The van der Waals surface area contributed by atoms with Gasteiger partial charge in [-0.1, -0.05) is 0 Å². The summed E-state index contributed by atoms with van der Waals surface area (Å²) in [4.78, 5) is 24.2. The van der Waals surface area contributed by atoms with Crippen molar-refractivity contribution in [2.75, 3.05) is 30.3 Å². The molecular weight excluding hydrogens is 384 g/mol. The molecule has 2 aromatic rings. The molecule has 0 saturated carbocycles. The van der Waals surface area contributed by atoms with Crippen LogP contribution in [0.5, 0.6) is 0 Å². The topological polar surface area (TPSA) is 101 Å². The van der Waals surface area contributed by atoms with Crippen molar-refractivity contribution in [3.63, 3.8) is 0 Å². The summed E-state index contributed by atoms with van der Waals surface area (Å²) >= 11 is 4.95. The zero-order chi connectivity index (χ0) is 16.4. The van der Waals surface area contributed by atoms with E-state index in [1.807, 2.05) is 9.80 Å². The van der Waals surface area contributed by atoms with Crippen LogP contribution < -0.4 is 10.6 Å². The lowest BCUT2D eigenvalue weighted by molar-refractivity contribution is -0.550. The number of hydrogen-bond donors (Lipinski definition) is 1. The van der Waals surface area contributed by atoms with Crippen molar-refractivity contribution in [3.8, 4) is 0 Å². The minimum Gasteiger partial charge on any atom is -0.384 e. The lowest BCUT2D eigenvalue weighted by Gasteiger charge is -2.37. The van der Waals surface area contributed by atoms with Crippen molar-refractivity contribution in [3.05, 3.63) is 43.4 Å². The predicted molar refractivity (Wildman–Crippen MR) is 91.9 cm³/mol. The fourth-order valence-corrected chi connectivity index (χ4v) is 3.70. The molecule has 0 aromatic carbocycles. The quantitative estimate of drug-likeness (QED) is 0.618. The maximum atomic E-state index is 11.5. The summed E-state index contributed by atoms with van der Waals surface area (Å²) in [5, 5.41) is 11.5. The van der Waals surface area contributed by atoms with Crippen molar-refractivity contribution in [1.82, 2.24) is 14.9 Å². The monoisotopic (exact) mass is 398 g/mol. The average Bonchev–Trinajstić information content (AvgIpc) is 3.03. The Bertz CT molecular complexity index is 698. The highest BCUT2D eigenvalue weighted by atomic mass is 79.9. The molecule has 23 heavy (non-hydrogen) atoms. The van der Waals surface area contributed by atoms with Gasteiger partial charge in [0.25, 0.3) is 6.17 Å². The zero-order valence-corrected chi connectivity index (χ0v) is 14.5. The second-order valence-electron chi connectivity index (χ2n) is 5.21. The van der Waals surface area contributed by atoms with E-state index in [-0.39, 0.29) is 4.92 Å². The van der Waals surface area contributed by atoms with Gasteiger partial charge in [0.1, 0.15) is 12.4 Å². The minimum atomic E-state index is -0.771.